The second kappa shape index (κ2) is 18.7. The highest BCUT2D eigenvalue weighted by Crippen LogP contribution is 2.40. The largest absolute Gasteiger partial charge is 0.458 e. The predicted molar refractivity (Wildman–Crippen MR) is 215 cm³/mol. The number of aliphatic hydroxyl groups excluding tert-OH is 1. The zero-order chi connectivity index (χ0) is 43.4. The number of amides is 2. The van der Waals surface area contributed by atoms with Crippen LogP contribution in [0, 0.1) is 23.7 Å². The third-order valence-electron chi connectivity index (χ3n) is 12.0. The number of aromatic nitrogens is 2. The Bertz CT molecular complexity index is 1860. The number of carbonyl (C=O) groups is 5. The van der Waals surface area contributed by atoms with Gasteiger partial charge in [-0.2, -0.15) is 0 Å². The van der Waals surface area contributed by atoms with E-state index in [0.717, 1.165) is 11.1 Å². The smallest absolute Gasteiger partial charge is 0.411 e. The molecule has 1 aromatic carbocycles. The number of likely N-dealkylation sites (N-methyl/N-ethyl adjacent to an activating group) is 1. The first-order valence-electron chi connectivity index (χ1n) is 20.2. The maximum atomic E-state index is 14.4. The number of ketones is 2. The predicted octanol–water partition coefficient (Wildman–Crippen LogP) is 4.69. The Kier molecular flexibility index (Phi) is 14.3. The van der Waals surface area contributed by atoms with Crippen molar-refractivity contribution in [3.05, 3.63) is 54.6 Å². The normalized spacial score (nSPS) is 36.0. The number of rotatable bonds is 8. The van der Waals surface area contributed by atoms with Gasteiger partial charge in [0.05, 0.1) is 24.0 Å². The van der Waals surface area contributed by atoms with E-state index in [1.807, 2.05) is 50.2 Å². The first kappa shape index (κ1) is 45.3. The number of nitrogens with zero attached hydrogens (tertiary/aromatic N) is 3. The van der Waals surface area contributed by atoms with Gasteiger partial charge in [-0.1, -0.05) is 52.0 Å². The quantitative estimate of drug-likeness (QED) is 0.188. The van der Waals surface area contributed by atoms with Crippen LogP contribution in [0.1, 0.15) is 80.2 Å². The second-order valence-corrected chi connectivity index (χ2v) is 16.8. The lowest BCUT2D eigenvalue weighted by Gasteiger charge is -2.47. The molecule has 16 nitrogen and oxygen atoms in total. The maximum Gasteiger partial charge on any atom is 0.411 e. The molecule has 3 aliphatic heterocycles. The Labute approximate surface area is 345 Å². The molecule has 4 heterocycles. The van der Waals surface area contributed by atoms with Gasteiger partial charge in [0.15, 0.2) is 17.7 Å². The number of Topliss-reactive ketones (excluding diaryl/α,β-unsaturated/α-hetero) is 2. The summed E-state index contributed by atoms with van der Waals surface area (Å²) in [6.45, 7) is 13.0. The maximum absolute atomic E-state index is 14.4. The molecule has 0 bridgehead atoms. The highest BCUT2D eigenvalue weighted by Gasteiger charge is 2.57. The Balaban J connectivity index is 1.52. The Hall–Kier alpha value is -4.77. The van der Waals surface area contributed by atoms with E-state index in [1.165, 1.54) is 13.1 Å². The SMILES string of the molecule is CC[C@H]1OC(=O)C(C)C(=O)[C@H](C)[C@@H](O[C@@H]2O[C@H](C)C[C@H](N(C)C)[C@H]2O)[C@](C)(OC(=O)N/C=C/c2ccc(-c3cnccn3)cc2)C[C@@H](C)C(=O)[C@H](C)[C@H]2NC(=O)O[C@@]21C. The first-order valence-corrected chi connectivity index (χ1v) is 20.2. The van der Waals surface area contributed by atoms with Crippen LogP contribution in [-0.2, 0) is 38.1 Å². The number of esters is 1. The van der Waals surface area contributed by atoms with Gasteiger partial charge in [0.1, 0.15) is 35.6 Å². The van der Waals surface area contributed by atoms with E-state index in [9.17, 15) is 29.1 Å². The van der Waals surface area contributed by atoms with Gasteiger partial charge >= 0.3 is 18.2 Å². The summed E-state index contributed by atoms with van der Waals surface area (Å²) in [5.41, 5.74) is -0.898. The van der Waals surface area contributed by atoms with Gasteiger partial charge in [-0.15, -0.1) is 0 Å². The number of benzene rings is 1. The third kappa shape index (κ3) is 9.99. The summed E-state index contributed by atoms with van der Waals surface area (Å²) >= 11 is 0. The molecule has 1 unspecified atom stereocenters. The number of alkyl carbamates (subject to hydrolysis) is 2. The molecule has 3 aliphatic rings. The van der Waals surface area contributed by atoms with E-state index < -0.39 is 89.5 Å². The molecule has 0 saturated carbocycles. The number of nitrogens with one attached hydrogen (secondary N) is 2. The molecule has 0 spiro atoms. The molecule has 0 aliphatic carbocycles. The monoisotopic (exact) mass is 821 g/mol. The Morgan fingerprint density at radius 2 is 1.73 bits per heavy atom. The molecule has 3 saturated heterocycles. The molecule has 1 aromatic heterocycles. The van der Waals surface area contributed by atoms with Crippen LogP contribution in [0.4, 0.5) is 9.59 Å². The molecule has 16 heteroatoms. The van der Waals surface area contributed by atoms with Crippen LogP contribution in [0.15, 0.2) is 49.1 Å². The van der Waals surface area contributed by atoms with Crippen LogP contribution in [-0.4, -0.2) is 118 Å². The molecule has 3 N–H and O–H groups in total. The second-order valence-electron chi connectivity index (χ2n) is 16.8. The average Bonchev–Trinajstić information content (AvgIpc) is 3.52. The van der Waals surface area contributed by atoms with Crippen molar-refractivity contribution in [3.63, 3.8) is 0 Å². The lowest BCUT2D eigenvalue weighted by atomic mass is 9.73. The molecule has 2 amide bonds. The number of hydrogen-bond acceptors (Lipinski definition) is 14. The molecule has 2 aromatic rings. The van der Waals surface area contributed by atoms with Gasteiger partial charge in [0, 0.05) is 48.0 Å². The van der Waals surface area contributed by atoms with Crippen molar-refractivity contribution in [2.75, 3.05) is 14.1 Å². The lowest BCUT2D eigenvalue weighted by molar-refractivity contribution is -0.292. The zero-order valence-corrected chi connectivity index (χ0v) is 35.5. The lowest BCUT2D eigenvalue weighted by Crippen LogP contribution is -2.60. The number of cyclic esters (lactones) is 1. The van der Waals surface area contributed by atoms with E-state index >= 15 is 0 Å². The summed E-state index contributed by atoms with van der Waals surface area (Å²) in [6.07, 6.45) is 1.56. The number of carbonyl (C=O) groups excluding carboxylic acids is 5. The van der Waals surface area contributed by atoms with Gasteiger partial charge in [0.2, 0.25) is 0 Å². The molecule has 13 atom stereocenters. The molecule has 3 fully saturated rings. The van der Waals surface area contributed by atoms with Crippen molar-refractivity contribution in [1.82, 2.24) is 25.5 Å². The fourth-order valence-electron chi connectivity index (χ4n) is 8.75. The molecular weight excluding hydrogens is 762 g/mol. The number of hydrogen-bond donors (Lipinski definition) is 3. The number of fused-ring (bicyclic) bond motifs is 1. The minimum Gasteiger partial charge on any atom is -0.458 e. The highest BCUT2D eigenvalue weighted by atomic mass is 16.7. The van der Waals surface area contributed by atoms with Crippen molar-refractivity contribution in [2.45, 2.75) is 129 Å². The Morgan fingerprint density at radius 1 is 1.03 bits per heavy atom. The standard InChI is InChI=1S/C43H59N5O11/c1-11-32-43(8)36(47-41(54)59-43)25(4)33(49)23(2)21-42(7,58-40(53)46-17-16-28-12-14-29(15-13-28)30-22-44-18-19-45-30)37(26(5)34(50)27(6)38(52)56-32)57-39-35(51)31(48(9)10)20-24(3)55-39/h12-19,22-27,31-32,35-37,39,51H,11,20-21H2,1-10H3,(H,46,53)(H,47,54)/b17-16+/t23-,24-,25+,26+,27?,31+,32-,35-,36-,37-,39+,42-,43-/m1/s1. The van der Waals surface area contributed by atoms with E-state index in [2.05, 4.69) is 20.6 Å². The summed E-state index contributed by atoms with van der Waals surface area (Å²) in [6, 6.07) is 6.12. The third-order valence-corrected chi connectivity index (χ3v) is 12.0. The van der Waals surface area contributed by atoms with Crippen molar-refractivity contribution in [2.24, 2.45) is 23.7 Å². The van der Waals surface area contributed by atoms with E-state index in [0.29, 0.717) is 12.1 Å². The van der Waals surface area contributed by atoms with Crippen LogP contribution in [0.3, 0.4) is 0 Å². The summed E-state index contributed by atoms with van der Waals surface area (Å²) < 4.78 is 30.6. The van der Waals surface area contributed by atoms with Gasteiger partial charge in [-0.05, 0) is 72.7 Å². The van der Waals surface area contributed by atoms with Crippen molar-refractivity contribution in [1.29, 1.82) is 0 Å². The van der Waals surface area contributed by atoms with Crippen LogP contribution in [0.5, 0.6) is 0 Å². The van der Waals surface area contributed by atoms with Gasteiger partial charge in [-0.3, -0.25) is 29.7 Å². The van der Waals surface area contributed by atoms with E-state index in [-0.39, 0.29) is 30.8 Å². The summed E-state index contributed by atoms with van der Waals surface area (Å²) in [4.78, 5) is 79.5. The summed E-state index contributed by atoms with van der Waals surface area (Å²) in [5, 5.41) is 16.9. The Morgan fingerprint density at radius 3 is 2.36 bits per heavy atom. The minimum atomic E-state index is -1.77. The molecule has 0 radical (unpaired) electrons. The van der Waals surface area contributed by atoms with Crippen molar-refractivity contribution < 1.29 is 52.8 Å². The van der Waals surface area contributed by atoms with E-state index in [4.69, 9.17) is 23.7 Å². The number of aliphatic hydroxyl groups is 1. The minimum absolute atomic E-state index is 0.164. The van der Waals surface area contributed by atoms with Gasteiger partial charge in [0.25, 0.3) is 0 Å². The van der Waals surface area contributed by atoms with Crippen LogP contribution in [0.25, 0.3) is 17.3 Å². The first-order chi connectivity index (χ1) is 27.8. The average molecular weight is 822 g/mol. The van der Waals surface area contributed by atoms with E-state index in [1.54, 1.807) is 66.2 Å². The number of ether oxygens (including phenoxy) is 5. The van der Waals surface area contributed by atoms with Crippen LogP contribution >= 0.6 is 0 Å². The van der Waals surface area contributed by atoms with Crippen LogP contribution in [0.2, 0.25) is 0 Å². The molecular formula is C43H59N5O11. The molecule has 5 rings (SSSR count). The fourth-order valence-corrected chi connectivity index (χ4v) is 8.75. The summed E-state index contributed by atoms with van der Waals surface area (Å²) in [7, 11) is 3.64. The molecule has 59 heavy (non-hydrogen) atoms. The topological polar surface area (TPSA) is 205 Å². The highest BCUT2D eigenvalue weighted by molar-refractivity contribution is 6.00. The van der Waals surface area contributed by atoms with Crippen molar-refractivity contribution in [3.8, 4) is 11.3 Å². The molecule has 322 valence electrons. The van der Waals surface area contributed by atoms with Crippen LogP contribution < -0.4 is 10.6 Å². The zero-order valence-electron chi connectivity index (χ0n) is 35.5. The fraction of sp³-hybridized carbons (Fsp3) is 0.605. The van der Waals surface area contributed by atoms with Crippen molar-refractivity contribution >= 4 is 35.8 Å². The van der Waals surface area contributed by atoms with Gasteiger partial charge in [-0.25, -0.2) is 9.59 Å². The summed E-state index contributed by atoms with van der Waals surface area (Å²) in [5.74, 6) is -6.03. The van der Waals surface area contributed by atoms with Gasteiger partial charge < -0.3 is 39.0 Å².